The molecule has 0 fully saturated rings. The molecule has 1 unspecified atom stereocenters. The van der Waals surface area contributed by atoms with E-state index in [0.717, 1.165) is 22.3 Å². The van der Waals surface area contributed by atoms with Crippen LogP contribution in [-0.2, 0) is 6.54 Å². The van der Waals surface area contributed by atoms with E-state index in [1.807, 2.05) is 71.8 Å². The van der Waals surface area contributed by atoms with Gasteiger partial charge in [-0.2, -0.15) is 10.1 Å². The Hall–Kier alpha value is -4.99. The molecule has 2 aromatic heterocycles. The number of hydrogen-bond acceptors (Lipinski definition) is 8. The molecular formula is C27H26N8O2. The molecule has 0 saturated heterocycles. The fourth-order valence-electron chi connectivity index (χ4n) is 4.30. The number of anilines is 3. The SMILES string of the molecule is COc1cc(NC2NC=Cn3nc(Nc4ccc5cnn(Cc6ccccc6)c5c4)nc32)cc(OC)c1. The zero-order valence-corrected chi connectivity index (χ0v) is 20.4. The number of hydrogen-bond donors (Lipinski definition) is 3. The lowest BCUT2D eigenvalue weighted by molar-refractivity contribution is 0.394. The van der Waals surface area contributed by atoms with Crippen LogP contribution < -0.4 is 25.4 Å². The molecule has 3 heterocycles. The third-order valence-electron chi connectivity index (χ3n) is 6.13. The molecule has 3 aromatic carbocycles. The van der Waals surface area contributed by atoms with Gasteiger partial charge in [0, 0.05) is 47.4 Å². The van der Waals surface area contributed by atoms with Gasteiger partial charge in [0.25, 0.3) is 0 Å². The first kappa shape index (κ1) is 22.5. The zero-order chi connectivity index (χ0) is 25.2. The van der Waals surface area contributed by atoms with Gasteiger partial charge in [0.05, 0.1) is 32.5 Å². The fraction of sp³-hybridized carbons (Fsp3) is 0.148. The minimum atomic E-state index is -0.306. The Kier molecular flexibility index (Phi) is 5.81. The Morgan fingerprint density at radius 3 is 2.54 bits per heavy atom. The van der Waals surface area contributed by atoms with Gasteiger partial charge in [-0.1, -0.05) is 30.3 Å². The van der Waals surface area contributed by atoms with E-state index < -0.39 is 0 Å². The Balaban J connectivity index is 1.23. The lowest BCUT2D eigenvalue weighted by Gasteiger charge is -2.22. The van der Waals surface area contributed by atoms with Crippen molar-refractivity contribution in [1.29, 1.82) is 0 Å². The molecule has 1 aliphatic heterocycles. The van der Waals surface area contributed by atoms with Crippen molar-refractivity contribution in [3.8, 4) is 11.5 Å². The summed E-state index contributed by atoms with van der Waals surface area (Å²) in [6.45, 7) is 0.698. The summed E-state index contributed by atoms with van der Waals surface area (Å²) in [4.78, 5) is 4.75. The summed E-state index contributed by atoms with van der Waals surface area (Å²) in [5, 5.41) is 20.3. The summed E-state index contributed by atoms with van der Waals surface area (Å²) in [6.07, 6.45) is 5.24. The number of methoxy groups -OCH3 is 2. The number of fused-ring (bicyclic) bond motifs is 2. The van der Waals surface area contributed by atoms with Gasteiger partial charge in [-0.3, -0.25) is 4.68 Å². The molecule has 186 valence electrons. The van der Waals surface area contributed by atoms with Gasteiger partial charge < -0.3 is 25.4 Å². The van der Waals surface area contributed by atoms with Gasteiger partial charge in [-0.25, -0.2) is 4.68 Å². The van der Waals surface area contributed by atoms with Crippen LogP contribution in [0.2, 0.25) is 0 Å². The van der Waals surface area contributed by atoms with E-state index in [0.29, 0.717) is 29.8 Å². The smallest absolute Gasteiger partial charge is 0.247 e. The predicted octanol–water partition coefficient (Wildman–Crippen LogP) is 4.58. The van der Waals surface area contributed by atoms with Crippen LogP contribution in [0.25, 0.3) is 17.1 Å². The maximum absolute atomic E-state index is 5.39. The molecule has 0 spiro atoms. The van der Waals surface area contributed by atoms with E-state index in [9.17, 15) is 0 Å². The average molecular weight is 495 g/mol. The quantitative estimate of drug-likeness (QED) is 0.288. The van der Waals surface area contributed by atoms with Gasteiger partial charge in [-0.15, -0.1) is 5.10 Å². The first-order valence-corrected chi connectivity index (χ1v) is 11.8. The second kappa shape index (κ2) is 9.57. The van der Waals surface area contributed by atoms with Crippen molar-refractivity contribution < 1.29 is 9.47 Å². The Morgan fingerprint density at radius 2 is 1.76 bits per heavy atom. The highest BCUT2D eigenvalue weighted by molar-refractivity contribution is 5.83. The topological polar surface area (TPSA) is 103 Å². The van der Waals surface area contributed by atoms with Gasteiger partial charge in [0.2, 0.25) is 5.95 Å². The molecule has 10 nitrogen and oxygen atoms in total. The highest BCUT2D eigenvalue weighted by atomic mass is 16.5. The van der Waals surface area contributed by atoms with Gasteiger partial charge in [0.1, 0.15) is 11.5 Å². The number of nitrogens with one attached hydrogen (secondary N) is 3. The predicted molar refractivity (Wildman–Crippen MR) is 143 cm³/mol. The van der Waals surface area contributed by atoms with Crippen LogP contribution in [-0.4, -0.2) is 38.8 Å². The second-order valence-electron chi connectivity index (χ2n) is 8.59. The molecule has 1 atom stereocenters. The molecule has 3 N–H and O–H groups in total. The Labute approximate surface area is 213 Å². The molecule has 6 rings (SSSR count). The van der Waals surface area contributed by atoms with Crippen LogP contribution in [0.4, 0.5) is 17.3 Å². The van der Waals surface area contributed by atoms with Crippen LogP contribution in [0, 0.1) is 0 Å². The second-order valence-corrected chi connectivity index (χ2v) is 8.59. The number of benzene rings is 3. The summed E-state index contributed by atoms with van der Waals surface area (Å²) in [5.74, 6) is 2.59. The van der Waals surface area contributed by atoms with Crippen molar-refractivity contribution in [3.05, 3.63) is 90.5 Å². The van der Waals surface area contributed by atoms with Crippen molar-refractivity contribution in [2.75, 3.05) is 24.9 Å². The Morgan fingerprint density at radius 1 is 0.946 bits per heavy atom. The van der Waals surface area contributed by atoms with Crippen molar-refractivity contribution in [3.63, 3.8) is 0 Å². The third-order valence-corrected chi connectivity index (χ3v) is 6.13. The average Bonchev–Trinajstić information content (AvgIpc) is 3.53. The molecule has 37 heavy (non-hydrogen) atoms. The third kappa shape index (κ3) is 4.64. The van der Waals surface area contributed by atoms with Crippen LogP contribution in [0.5, 0.6) is 11.5 Å². The summed E-state index contributed by atoms with van der Waals surface area (Å²) in [7, 11) is 3.25. The maximum Gasteiger partial charge on any atom is 0.247 e. The molecular weight excluding hydrogens is 468 g/mol. The first-order valence-electron chi connectivity index (χ1n) is 11.8. The van der Waals surface area contributed by atoms with Gasteiger partial charge in [-0.05, 0) is 23.8 Å². The molecule has 1 aliphatic rings. The van der Waals surface area contributed by atoms with Crippen LogP contribution in [0.15, 0.2) is 79.1 Å². The van der Waals surface area contributed by atoms with E-state index in [4.69, 9.17) is 14.5 Å². The van der Waals surface area contributed by atoms with E-state index in [-0.39, 0.29) is 6.17 Å². The molecule has 0 amide bonds. The zero-order valence-electron chi connectivity index (χ0n) is 20.4. The minimum Gasteiger partial charge on any atom is -0.497 e. The van der Waals surface area contributed by atoms with Crippen molar-refractivity contribution >= 4 is 34.4 Å². The van der Waals surface area contributed by atoms with E-state index in [2.05, 4.69) is 44.3 Å². The van der Waals surface area contributed by atoms with E-state index in [1.54, 1.807) is 18.9 Å². The Bertz CT molecular complexity index is 1550. The van der Waals surface area contributed by atoms with E-state index in [1.165, 1.54) is 5.56 Å². The van der Waals surface area contributed by atoms with Crippen LogP contribution >= 0.6 is 0 Å². The van der Waals surface area contributed by atoms with Crippen LogP contribution in [0.1, 0.15) is 17.6 Å². The molecule has 0 radical (unpaired) electrons. The van der Waals surface area contributed by atoms with Gasteiger partial charge >= 0.3 is 0 Å². The molecule has 10 heteroatoms. The minimum absolute atomic E-state index is 0.306. The summed E-state index contributed by atoms with van der Waals surface area (Å²) in [6, 6.07) is 22.0. The molecule has 0 saturated carbocycles. The number of ether oxygens (including phenoxy) is 2. The maximum atomic E-state index is 5.39. The first-order chi connectivity index (χ1) is 18.2. The monoisotopic (exact) mass is 494 g/mol. The lowest BCUT2D eigenvalue weighted by atomic mass is 10.2. The molecule has 0 aliphatic carbocycles. The van der Waals surface area contributed by atoms with Crippen molar-refractivity contribution in [1.82, 2.24) is 29.9 Å². The van der Waals surface area contributed by atoms with E-state index >= 15 is 0 Å². The number of rotatable bonds is 8. The highest BCUT2D eigenvalue weighted by Crippen LogP contribution is 2.29. The number of nitrogens with zero attached hydrogens (tertiary/aromatic N) is 5. The number of aromatic nitrogens is 5. The summed E-state index contributed by atoms with van der Waals surface area (Å²) >= 11 is 0. The molecule has 0 bridgehead atoms. The largest absolute Gasteiger partial charge is 0.497 e. The summed E-state index contributed by atoms with van der Waals surface area (Å²) in [5.41, 5.74) is 3.93. The highest BCUT2D eigenvalue weighted by Gasteiger charge is 2.22. The van der Waals surface area contributed by atoms with Crippen molar-refractivity contribution in [2.24, 2.45) is 0 Å². The van der Waals surface area contributed by atoms with Gasteiger partial charge in [0.15, 0.2) is 12.0 Å². The van der Waals surface area contributed by atoms with Crippen molar-refractivity contribution in [2.45, 2.75) is 12.7 Å². The fourth-order valence-corrected chi connectivity index (χ4v) is 4.30. The standard InChI is InChI=1S/C27H26N8O2/c1-36-22-12-21(13-23(15-22)37-2)30-25-26-32-27(33-34(26)11-10-28-25)31-20-9-8-19-16-29-35(24(19)14-20)17-18-6-4-3-5-7-18/h3-16,25,28,30H,17H2,1-2H3,(H,31,33). The normalized spacial score (nSPS) is 14.2. The van der Waals surface area contributed by atoms with Crippen LogP contribution in [0.3, 0.4) is 0 Å². The molecule has 5 aromatic rings. The lowest BCUT2D eigenvalue weighted by Crippen LogP contribution is -2.29. The summed E-state index contributed by atoms with van der Waals surface area (Å²) < 4.78 is 14.5.